The first kappa shape index (κ1) is 14.4. The van der Waals surface area contributed by atoms with Gasteiger partial charge in [-0.2, -0.15) is 0 Å². The lowest BCUT2D eigenvalue weighted by atomic mass is 10.0. The second kappa shape index (κ2) is 5.82. The van der Waals surface area contributed by atoms with Crippen molar-refractivity contribution in [3.05, 3.63) is 0 Å². The maximum absolute atomic E-state index is 12.0. The summed E-state index contributed by atoms with van der Waals surface area (Å²) in [4.78, 5) is 13.6. The molecule has 0 saturated carbocycles. The third-order valence-electron chi connectivity index (χ3n) is 3.26. The van der Waals surface area contributed by atoms with Crippen LogP contribution in [0.4, 0.5) is 0 Å². The first-order chi connectivity index (χ1) is 7.88. The Balaban J connectivity index is 2.69. The third kappa shape index (κ3) is 3.67. The second-order valence-electron chi connectivity index (χ2n) is 4.83. The number of piperidine rings is 1. The Bertz CT molecular complexity index is 365. The Morgan fingerprint density at radius 3 is 2.59 bits per heavy atom. The minimum Gasteiger partial charge on any atom is -0.338 e. The van der Waals surface area contributed by atoms with Crippen molar-refractivity contribution in [3.63, 3.8) is 0 Å². The van der Waals surface area contributed by atoms with Crippen LogP contribution in [0.2, 0.25) is 0 Å². The molecular weight excluding hydrogens is 240 g/mol. The highest BCUT2D eigenvalue weighted by Gasteiger charge is 2.29. The molecule has 1 unspecified atom stereocenters. The van der Waals surface area contributed by atoms with E-state index in [9.17, 15) is 13.2 Å². The van der Waals surface area contributed by atoms with Crippen molar-refractivity contribution < 1.29 is 13.2 Å². The smallest absolute Gasteiger partial charge is 0.238 e. The van der Waals surface area contributed by atoms with Crippen LogP contribution >= 0.6 is 0 Å². The van der Waals surface area contributed by atoms with Gasteiger partial charge < -0.3 is 10.6 Å². The molecule has 0 radical (unpaired) electrons. The van der Waals surface area contributed by atoms with Crippen molar-refractivity contribution in [2.75, 3.05) is 18.8 Å². The molecule has 1 rings (SSSR count). The summed E-state index contributed by atoms with van der Waals surface area (Å²) in [6.07, 6.45) is 2.87. The molecule has 1 atom stereocenters. The molecule has 0 aliphatic carbocycles. The van der Waals surface area contributed by atoms with Gasteiger partial charge in [0, 0.05) is 19.1 Å². The van der Waals surface area contributed by atoms with Crippen molar-refractivity contribution in [1.29, 1.82) is 0 Å². The normalized spacial score (nSPS) is 21.9. The van der Waals surface area contributed by atoms with Crippen LogP contribution in [0.15, 0.2) is 0 Å². The van der Waals surface area contributed by atoms with Gasteiger partial charge in [-0.1, -0.05) is 0 Å². The molecule has 1 aliphatic rings. The Morgan fingerprint density at radius 2 is 2.06 bits per heavy atom. The van der Waals surface area contributed by atoms with Gasteiger partial charge in [0.25, 0.3) is 0 Å². The quantitative estimate of drug-likeness (QED) is 0.782. The molecule has 1 amide bonds. The lowest BCUT2D eigenvalue weighted by molar-refractivity contribution is -0.131. The maximum Gasteiger partial charge on any atom is 0.238 e. The molecule has 6 heteroatoms. The molecule has 1 aliphatic heterocycles. The minimum absolute atomic E-state index is 0.0126. The fourth-order valence-corrected chi connectivity index (χ4v) is 2.84. The largest absolute Gasteiger partial charge is 0.338 e. The topological polar surface area (TPSA) is 80.5 Å². The molecule has 0 spiro atoms. The third-order valence-corrected chi connectivity index (χ3v) is 5.35. The molecule has 1 heterocycles. The minimum atomic E-state index is -3.31. The zero-order valence-corrected chi connectivity index (χ0v) is 11.4. The maximum atomic E-state index is 12.0. The van der Waals surface area contributed by atoms with Gasteiger partial charge in [0.15, 0.2) is 9.84 Å². The SMILES string of the molecule is CC(C)S(=O)(=O)CC(=O)N1CCCCC1CN. The molecule has 1 saturated heterocycles. The molecule has 0 aromatic rings. The monoisotopic (exact) mass is 262 g/mol. The van der Waals surface area contributed by atoms with E-state index in [0.29, 0.717) is 13.1 Å². The fraction of sp³-hybridized carbons (Fsp3) is 0.909. The average molecular weight is 262 g/mol. The van der Waals surface area contributed by atoms with Crippen molar-refractivity contribution in [1.82, 2.24) is 4.90 Å². The summed E-state index contributed by atoms with van der Waals surface area (Å²) in [5, 5.41) is -0.507. The van der Waals surface area contributed by atoms with Gasteiger partial charge in [0.2, 0.25) is 5.91 Å². The Morgan fingerprint density at radius 1 is 1.41 bits per heavy atom. The molecule has 0 aromatic carbocycles. The lowest BCUT2D eigenvalue weighted by Crippen LogP contribution is -2.49. The molecule has 0 bridgehead atoms. The Hall–Kier alpha value is -0.620. The van der Waals surface area contributed by atoms with Crippen LogP contribution in [0, 0.1) is 0 Å². The van der Waals surface area contributed by atoms with Gasteiger partial charge >= 0.3 is 0 Å². The number of hydrogen-bond donors (Lipinski definition) is 1. The van der Waals surface area contributed by atoms with Crippen LogP contribution in [-0.4, -0.2) is 49.4 Å². The first-order valence-electron chi connectivity index (χ1n) is 6.09. The summed E-state index contributed by atoms with van der Waals surface area (Å²) in [5.41, 5.74) is 5.61. The summed E-state index contributed by atoms with van der Waals surface area (Å²) < 4.78 is 23.4. The zero-order chi connectivity index (χ0) is 13.1. The predicted octanol–water partition coefficient (Wildman–Crippen LogP) is 0.149. The molecular formula is C11H22N2O3S. The van der Waals surface area contributed by atoms with E-state index in [1.54, 1.807) is 18.7 Å². The van der Waals surface area contributed by atoms with Gasteiger partial charge in [0.05, 0.1) is 5.25 Å². The van der Waals surface area contributed by atoms with Crippen LogP contribution in [0.5, 0.6) is 0 Å². The number of hydrogen-bond acceptors (Lipinski definition) is 4. The second-order valence-corrected chi connectivity index (χ2v) is 7.39. The van der Waals surface area contributed by atoms with Crippen LogP contribution in [-0.2, 0) is 14.6 Å². The predicted molar refractivity (Wildman–Crippen MR) is 67.3 cm³/mol. The van der Waals surface area contributed by atoms with E-state index in [-0.39, 0.29) is 17.7 Å². The summed E-state index contributed by atoms with van der Waals surface area (Å²) in [6, 6.07) is 0.0126. The molecule has 1 fully saturated rings. The number of likely N-dealkylation sites (tertiary alicyclic amines) is 1. The van der Waals surface area contributed by atoms with Gasteiger partial charge in [-0.05, 0) is 33.1 Å². The van der Waals surface area contributed by atoms with Crippen LogP contribution < -0.4 is 5.73 Å². The van der Waals surface area contributed by atoms with Gasteiger partial charge in [-0.15, -0.1) is 0 Å². The standard InChI is InChI=1S/C11H22N2O3S/c1-9(2)17(15,16)8-11(14)13-6-4-3-5-10(13)7-12/h9-10H,3-8,12H2,1-2H3. The zero-order valence-electron chi connectivity index (χ0n) is 10.6. The van der Waals surface area contributed by atoms with Gasteiger partial charge in [0.1, 0.15) is 5.75 Å². The number of carbonyl (C=O) groups excluding carboxylic acids is 1. The number of amides is 1. The number of rotatable bonds is 4. The van der Waals surface area contributed by atoms with Gasteiger partial charge in [-0.3, -0.25) is 4.79 Å². The highest BCUT2D eigenvalue weighted by atomic mass is 32.2. The van der Waals surface area contributed by atoms with Crippen LogP contribution in [0.25, 0.3) is 0 Å². The summed E-state index contributed by atoms with van der Waals surface area (Å²) in [6.45, 7) is 4.24. The van der Waals surface area contributed by atoms with E-state index in [0.717, 1.165) is 19.3 Å². The van der Waals surface area contributed by atoms with E-state index in [1.807, 2.05) is 0 Å². The van der Waals surface area contributed by atoms with Crippen molar-refractivity contribution in [2.24, 2.45) is 5.73 Å². The molecule has 0 aromatic heterocycles. The number of sulfone groups is 1. The number of nitrogens with two attached hydrogens (primary N) is 1. The summed E-state index contributed by atoms with van der Waals surface area (Å²) in [7, 11) is -3.31. The molecule has 2 N–H and O–H groups in total. The van der Waals surface area contributed by atoms with E-state index < -0.39 is 15.1 Å². The van der Waals surface area contributed by atoms with Crippen molar-refractivity contribution in [3.8, 4) is 0 Å². The Labute approximate surface area is 103 Å². The molecule has 100 valence electrons. The van der Waals surface area contributed by atoms with E-state index in [2.05, 4.69) is 0 Å². The van der Waals surface area contributed by atoms with Crippen molar-refractivity contribution in [2.45, 2.75) is 44.4 Å². The van der Waals surface area contributed by atoms with Gasteiger partial charge in [-0.25, -0.2) is 8.42 Å². The highest BCUT2D eigenvalue weighted by molar-refractivity contribution is 7.92. The van der Waals surface area contributed by atoms with Crippen LogP contribution in [0.1, 0.15) is 33.1 Å². The van der Waals surface area contributed by atoms with E-state index >= 15 is 0 Å². The lowest BCUT2D eigenvalue weighted by Gasteiger charge is -2.35. The Kier molecular flexibility index (Phi) is 4.94. The summed E-state index contributed by atoms with van der Waals surface area (Å²) in [5.74, 6) is -0.685. The number of nitrogens with zero attached hydrogens (tertiary/aromatic N) is 1. The average Bonchev–Trinajstić information content (AvgIpc) is 2.28. The summed E-state index contributed by atoms with van der Waals surface area (Å²) >= 11 is 0. The fourth-order valence-electron chi connectivity index (χ4n) is 2.00. The number of carbonyl (C=O) groups is 1. The molecule has 17 heavy (non-hydrogen) atoms. The highest BCUT2D eigenvalue weighted by Crippen LogP contribution is 2.17. The van der Waals surface area contributed by atoms with E-state index in [4.69, 9.17) is 5.73 Å². The molecule has 5 nitrogen and oxygen atoms in total. The van der Waals surface area contributed by atoms with Crippen LogP contribution in [0.3, 0.4) is 0 Å². The van der Waals surface area contributed by atoms with E-state index in [1.165, 1.54) is 0 Å². The first-order valence-corrected chi connectivity index (χ1v) is 7.81. The van der Waals surface area contributed by atoms with Crippen molar-refractivity contribution >= 4 is 15.7 Å².